The molecule has 0 radical (unpaired) electrons. The first kappa shape index (κ1) is 12.1. The minimum Gasteiger partial charge on any atom is -0.326 e. The molecule has 0 amide bonds. The third-order valence-electron chi connectivity index (χ3n) is 2.26. The molecule has 2 aromatic carbocycles. The molecular weight excluding hydrogens is 240 g/mol. The van der Waals surface area contributed by atoms with Crippen molar-refractivity contribution in [1.82, 2.24) is 0 Å². The van der Waals surface area contributed by atoms with E-state index in [9.17, 15) is 8.78 Å². The van der Waals surface area contributed by atoms with Crippen molar-refractivity contribution in [2.45, 2.75) is 16.3 Å². The van der Waals surface area contributed by atoms with E-state index in [4.69, 9.17) is 5.73 Å². The summed E-state index contributed by atoms with van der Waals surface area (Å²) in [4.78, 5) is 1.29. The van der Waals surface area contributed by atoms with Gasteiger partial charge in [0.25, 0.3) is 0 Å². The minimum atomic E-state index is -0.567. The summed E-state index contributed by atoms with van der Waals surface area (Å²) in [7, 11) is 0. The molecule has 0 aliphatic rings. The normalized spacial score (nSPS) is 10.5. The van der Waals surface area contributed by atoms with Gasteiger partial charge in [0, 0.05) is 22.4 Å². The SMILES string of the molecule is NCc1cccc(Sc2ccc(F)cc2F)c1. The number of rotatable bonds is 3. The summed E-state index contributed by atoms with van der Waals surface area (Å²) in [5, 5.41) is 0. The van der Waals surface area contributed by atoms with Crippen LogP contribution in [-0.4, -0.2) is 0 Å². The molecule has 0 aromatic heterocycles. The van der Waals surface area contributed by atoms with E-state index < -0.39 is 11.6 Å². The Morgan fingerprint density at radius 3 is 2.59 bits per heavy atom. The van der Waals surface area contributed by atoms with Crippen LogP contribution in [-0.2, 0) is 6.54 Å². The lowest BCUT2D eigenvalue weighted by Crippen LogP contribution is -1.95. The second-order valence-electron chi connectivity index (χ2n) is 3.53. The van der Waals surface area contributed by atoms with E-state index in [2.05, 4.69) is 0 Å². The molecule has 0 heterocycles. The lowest BCUT2D eigenvalue weighted by Gasteiger charge is -2.04. The zero-order chi connectivity index (χ0) is 12.3. The van der Waals surface area contributed by atoms with Crippen LogP contribution in [0.4, 0.5) is 8.78 Å². The van der Waals surface area contributed by atoms with Crippen LogP contribution in [0.1, 0.15) is 5.56 Å². The average molecular weight is 251 g/mol. The molecule has 0 saturated carbocycles. The van der Waals surface area contributed by atoms with Gasteiger partial charge in [-0.2, -0.15) is 0 Å². The van der Waals surface area contributed by atoms with Crippen molar-refractivity contribution in [3.8, 4) is 0 Å². The summed E-state index contributed by atoms with van der Waals surface area (Å²) >= 11 is 1.26. The van der Waals surface area contributed by atoms with Gasteiger partial charge in [-0.3, -0.25) is 0 Å². The van der Waals surface area contributed by atoms with Crippen molar-refractivity contribution < 1.29 is 8.78 Å². The van der Waals surface area contributed by atoms with Gasteiger partial charge in [-0.15, -0.1) is 0 Å². The molecule has 2 aromatic rings. The van der Waals surface area contributed by atoms with Gasteiger partial charge in [0.05, 0.1) is 0 Å². The Balaban J connectivity index is 2.25. The van der Waals surface area contributed by atoms with Gasteiger partial charge >= 0.3 is 0 Å². The van der Waals surface area contributed by atoms with Crippen LogP contribution in [0.15, 0.2) is 52.3 Å². The van der Waals surface area contributed by atoms with E-state index in [-0.39, 0.29) is 0 Å². The first-order valence-electron chi connectivity index (χ1n) is 5.11. The third kappa shape index (κ3) is 3.05. The van der Waals surface area contributed by atoms with Crippen molar-refractivity contribution in [3.05, 3.63) is 59.7 Å². The number of hydrogen-bond donors (Lipinski definition) is 1. The summed E-state index contributed by atoms with van der Waals surface area (Å²) < 4.78 is 26.2. The fourth-order valence-corrected chi connectivity index (χ4v) is 2.32. The van der Waals surface area contributed by atoms with Crippen LogP contribution in [0.5, 0.6) is 0 Å². The Morgan fingerprint density at radius 1 is 1.06 bits per heavy atom. The van der Waals surface area contributed by atoms with E-state index in [0.29, 0.717) is 11.4 Å². The summed E-state index contributed by atoms with van der Waals surface area (Å²) in [5.74, 6) is -1.12. The van der Waals surface area contributed by atoms with Crippen LogP contribution in [0, 0.1) is 11.6 Å². The minimum absolute atomic E-state index is 0.403. The van der Waals surface area contributed by atoms with E-state index in [1.165, 1.54) is 23.9 Å². The summed E-state index contributed by atoms with van der Waals surface area (Å²) in [6, 6.07) is 11.1. The zero-order valence-corrected chi connectivity index (χ0v) is 9.81. The van der Waals surface area contributed by atoms with E-state index in [1.54, 1.807) is 0 Å². The molecule has 2 N–H and O–H groups in total. The fourth-order valence-electron chi connectivity index (χ4n) is 1.42. The van der Waals surface area contributed by atoms with E-state index in [0.717, 1.165) is 16.5 Å². The fraction of sp³-hybridized carbons (Fsp3) is 0.0769. The van der Waals surface area contributed by atoms with Gasteiger partial charge in [0.15, 0.2) is 0 Å². The Hall–Kier alpha value is -1.39. The average Bonchev–Trinajstić information content (AvgIpc) is 2.33. The molecule has 88 valence electrons. The molecule has 2 rings (SSSR count). The Kier molecular flexibility index (Phi) is 3.76. The monoisotopic (exact) mass is 251 g/mol. The molecule has 17 heavy (non-hydrogen) atoms. The van der Waals surface area contributed by atoms with Crippen LogP contribution in [0.2, 0.25) is 0 Å². The molecular formula is C13H11F2NS. The van der Waals surface area contributed by atoms with Crippen LogP contribution in [0.3, 0.4) is 0 Å². The van der Waals surface area contributed by atoms with Crippen LogP contribution < -0.4 is 5.73 Å². The van der Waals surface area contributed by atoms with Crippen LogP contribution >= 0.6 is 11.8 Å². The molecule has 4 heteroatoms. The Morgan fingerprint density at radius 2 is 1.88 bits per heavy atom. The van der Waals surface area contributed by atoms with Gasteiger partial charge in [-0.1, -0.05) is 23.9 Å². The maximum absolute atomic E-state index is 13.4. The number of halogens is 2. The highest BCUT2D eigenvalue weighted by molar-refractivity contribution is 7.99. The first-order valence-corrected chi connectivity index (χ1v) is 5.92. The van der Waals surface area contributed by atoms with E-state index in [1.807, 2.05) is 24.3 Å². The maximum Gasteiger partial charge on any atom is 0.140 e. The summed E-state index contributed by atoms with van der Waals surface area (Å²) in [6.45, 7) is 0.445. The van der Waals surface area contributed by atoms with Gasteiger partial charge in [-0.25, -0.2) is 8.78 Å². The molecule has 0 bridgehead atoms. The first-order chi connectivity index (χ1) is 8.19. The molecule has 0 fully saturated rings. The second-order valence-corrected chi connectivity index (χ2v) is 4.64. The lowest BCUT2D eigenvalue weighted by molar-refractivity contribution is 0.565. The highest BCUT2D eigenvalue weighted by Gasteiger charge is 2.05. The quantitative estimate of drug-likeness (QED) is 0.902. The van der Waals surface area contributed by atoms with Gasteiger partial charge in [-0.05, 0) is 29.8 Å². The largest absolute Gasteiger partial charge is 0.326 e. The lowest BCUT2D eigenvalue weighted by atomic mass is 10.2. The van der Waals surface area contributed by atoms with Crippen molar-refractivity contribution in [3.63, 3.8) is 0 Å². The third-order valence-corrected chi connectivity index (χ3v) is 3.30. The van der Waals surface area contributed by atoms with Crippen molar-refractivity contribution in [2.75, 3.05) is 0 Å². The number of hydrogen-bond acceptors (Lipinski definition) is 2. The van der Waals surface area contributed by atoms with Crippen molar-refractivity contribution in [2.24, 2.45) is 5.73 Å². The number of benzene rings is 2. The predicted octanol–water partition coefficient (Wildman–Crippen LogP) is 3.57. The van der Waals surface area contributed by atoms with Crippen molar-refractivity contribution >= 4 is 11.8 Å². The highest BCUT2D eigenvalue weighted by atomic mass is 32.2. The molecule has 0 aliphatic heterocycles. The van der Waals surface area contributed by atoms with Gasteiger partial charge in [0.2, 0.25) is 0 Å². The molecule has 0 unspecified atom stereocenters. The molecule has 0 atom stereocenters. The topological polar surface area (TPSA) is 26.0 Å². The summed E-state index contributed by atoms with van der Waals surface area (Å²) in [6.07, 6.45) is 0. The maximum atomic E-state index is 13.4. The van der Waals surface area contributed by atoms with Gasteiger partial charge < -0.3 is 5.73 Å². The Labute approximate surface area is 103 Å². The number of nitrogens with two attached hydrogens (primary N) is 1. The van der Waals surface area contributed by atoms with Crippen molar-refractivity contribution in [1.29, 1.82) is 0 Å². The predicted molar refractivity (Wildman–Crippen MR) is 64.8 cm³/mol. The van der Waals surface area contributed by atoms with E-state index >= 15 is 0 Å². The standard InChI is InChI=1S/C13H11F2NS/c14-10-4-5-13(12(15)7-10)17-11-3-1-2-9(6-11)8-16/h1-7H,8,16H2. The molecule has 0 aliphatic carbocycles. The van der Waals surface area contributed by atoms with Crippen LogP contribution in [0.25, 0.3) is 0 Å². The second kappa shape index (κ2) is 5.29. The molecule has 1 nitrogen and oxygen atoms in total. The highest BCUT2D eigenvalue weighted by Crippen LogP contribution is 2.30. The smallest absolute Gasteiger partial charge is 0.140 e. The molecule has 0 saturated heterocycles. The summed E-state index contributed by atoms with van der Waals surface area (Å²) in [5.41, 5.74) is 6.51. The Bertz CT molecular complexity index is 529. The zero-order valence-electron chi connectivity index (χ0n) is 8.99. The van der Waals surface area contributed by atoms with Gasteiger partial charge in [0.1, 0.15) is 11.6 Å². The molecule has 0 spiro atoms.